The van der Waals surface area contributed by atoms with E-state index in [0.717, 1.165) is 11.2 Å². The van der Waals surface area contributed by atoms with E-state index in [0.29, 0.717) is 13.0 Å². The molecular weight excluding hydrogens is 294 g/mol. The van der Waals surface area contributed by atoms with Crippen LogP contribution in [-0.4, -0.2) is 64.7 Å². The van der Waals surface area contributed by atoms with Gasteiger partial charge in [-0.2, -0.15) is 9.90 Å². The Kier molecular flexibility index (Phi) is 4.92. The number of anilines is 1. The first-order valence-electron chi connectivity index (χ1n) is 6.67. The highest BCUT2D eigenvalue weighted by atomic mass is 16.5. The Morgan fingerprint density at radius 2 is 2.14 bits per heavy atom. The summed E-state index contributed by atoms with van der Waals surface area (Å²) in [6, 6.07) is -0.555. The van der Waals surface area contributed by atoms with E-state index in [1.807, 2.05) is 0 Å². The number of amides is 2. The highest BCUT2D eigenvalue weighted by Crippen LogP contribution is 2.18. The standard InChI is InChI=1S/C12H17N5O5/c1-21-11(19)8-4-3-5-16(8)10(18)7-17-13-6-9(15-17)14-12(20)22-2/h6,8H,3-5,7H2,1-2H3,(H,14,15,20). The largest absolute Gasteiger partial charge is 0.467 e. The lowest BCUT2D eigenvalue weighted by atomic mass is 10.2. The summed E-state index contributed by atoms with van der Waals surface area (Å²) < 4.78 is 9.12. The molecule has 22 heavy (non-hydrogen) atoms. The van der Waals surface area contributed by atoms with Crippen LogP contribution < -0.4 is 5.32 Å². The number of methoxy groups -OCH3 is 2. The summed E-state index contributed by atoms with van der Waals surface area (Å²) in [5.41, 5.74) is 0. The molecule has 0 spiro atoms. The molecule has 0 aromatic carbocycles. The number of carbonyl (C=O) groups is 3. The summed E-state index contributed by atoms with van der Waals surface area (Å²) >= 11 is 0. The molecule has 0 radical (unpaired) electrons. The fourth-order valence-corrected chi connectivity index (χ4v) is 2.24. The molecule has 10 nitrogen and oxygen atoms in total. The molecule has 0 saturated carbocycles. The van der Waals surface area contributed by atoms with Crippen LogP contribution >= 0.6 is 0 Å². The first-order chi connectivity index (χ1) is 10.5. The second-order valence-corrected chi connectivity index (χ2v) is 4.65. The van der Waals surface area contributed by atoms with Crippen molar-refractivity contribution in [3.63, 3.8) is 0 Å². The van der Waals surface area contributed by atoms with E-state index >= 15 is 0 Å². The topological polar surface area (TPSA) is 116 Å². The van der Waals surface area contributed by atoms with Crippen LogP contribution in [0.25, 0.3) is 0 Å². The number of rotatable bonds is 4. The molecular formula is C12H17N5O5. The minimum atomic E-state index is -0.677. The van der Waals surface area contributed by atoms with Crippen molar-refractivity contribution in [1.29, 1.82) is 0 Å². The van der Waals surface area contributed by atoms with E-state index in [-0.39, 0.29) is 18.3 Å². The maximum atomic E-state index is 12.2. The average Bonchev–Trinajstić information content (AvgIpc) is 3.15. The molecule has 0 aliphatic carbocycles. The van der Waals surface area contributed by atoms with Gasteiger partial charge < -0.3 is 14.4 Å². The molecule has 2 heterocycles. The number of esters is 1. The molecule has 1 aromatic rings. The summed E-state index contributed by atoms with van der Waals surface area (Å²) in [7, 11) is 2.52. The highest BCUT2D eigenvalue weighted by molar-refractivity contribution is 5.85. The molecule has 1 saturated heterocycles. The summed E-state index contributed by atoms with van der Waals surface area (Å²) in [5, 5.41) is 10.1. The van der Waals surface area contributed by atoms with Gasteiger partial charge in [-0.05, 0) is 12.8 Å². The summed E-state index contributed by atoms with van der Waals surface area (Å²) in [6.07, 6.45) is 1.95. The Morgan fingerprint density at radius 3 is 2.82 bits per heavy atom. The Labute approximate surface area is 126 Å². The highest BCUT2D eigenvalue weighted by Gasteiger charge is 2.34. The summed E-state index contributed by atoms with van der Waals surface area (Å²) in [6.45, 7) is 0.365. The molecule has 1 unspecified atom stereocenters. The van der Waals surface area contributed by atoms with Gasteiger partial charge in [-0.3, -0.25) is 10.1 Å². The van der Waals surface area contributed by atoms with E-state index < -0.39 is 18.1 Å². The van der Waals surface area contributed by atoms with Gasteiger partial charge in [0.1, 0.15) is 12.6 Å². The van der Waals surface area contributed by atoms with Gasteiger partial charge in [0.15, 0.2) is 5.82 Å². The van der Waals surface area contributed by atoms with Gasteiger partial charge in [0.05, 0.1) is 20.4 Å². The Balaban J connectivity index is 1.97. The minimum Gasteiger partial charge on any atom is -0.467 e. The van der Waals surface area contributed by atoms with E-state index in [4.69, 9.17) is 4.74 Å². The van der Waals surface area contributed by atoms with E-state index in [2.05, 4.69) is 20.3 Å². The third-order valence-corrected chi connectivity index (χ3v) is 3.28. The lowest BCUT2D eigenvalue weighted by Gasteiger charge is -2.22. The Morgan fingerprint density at radius 1 is 1.36 bits per heavy atom. The van der Waals surface area contributed by atoms with Gasteiger partial charge in [0.25, 0.3) is 0 Å². The van der Waals surface area contributed by atoms with Gasteiger partial charge in [0, 0.05) is 6.54 Å². The first-order valence-corrected chi connectivity index (χ1v) is 6.67. The molecule has 1 atom stereocenters. The summed E-state index contributed by atoms with van der Waals surface area (Å²) in [5.74, 6) is -0.536. The molecule has 1 aliphatic heterocycles. The molecule has 1 aromatic heterocycles. The van der Waals surface area contributed by atoms with Gasteiger partial charge >= 0.3 is 12.1 Å². The van der Waals surface area contributed by atoms with Crippen molar-refractivity contribution in [3.05, 3.63) is 6.20 Å². The molecule has 0 bridgehead atoms. The van der Waals surface area contributed by atoms with Crippen molar-refractivity contribution in [1.82, 2.24) is 19.9 Å². The number of hydrogen-bond donors (Lipinski definition) is 1. The van der Waals surface area contributed by atoms with Crippen LogP contribution in [0.3, 0.4) is 0 Å². The predicted octanol–water partition coefficient (Wildman–Crippen LogP) is -0.380. The van der Waals surface area contributed by atoms with Crippen LogP contribution in [0.1, 0.15) is 12.8 Å². The number of ether oxygens (including phenoxy) is 2. The zero-order chi connectivity index (χ0) is 16.1. The van der Waals surface area contributed by atoms with Crippen LogP contribution in [-0.2, 0) is 25.6 Å². The van der Waals surface area contributed by atoms with Crippen molar-refractivity contribution in [2.75, 3.05) is 26.1 Å². The molecule has 2 amide bonds. The maximum Gasteiger partial charge on any atom is 0.412 e. The van der Waals surface area contributed by atoms with Crippen molar-refractivity contribution in [2.24, 2.45) is 0 Å². The fraction of sp³-hybridized carbons (Fsp3) is 0.583. The third-order valence-electron chi connectivity index (χ3n) is 3.28. The number of hydrogen-bond acceptors (Lipinski definition) is 7. The van der Waals surface area contributed by atoms with Crippen LogP contribution in [0.4, 0.5) is 10.6 Å². The SMILES string of the molecule is COC(=O)Nc1cnn(CC(=O)N2CCCC2C(=O)OC)n1. The van der Waals surface area contributed by atoms with Gasteiger partial charge in [-0.1, -0.05) is 0 Å². The number of likely N-dealkylation sites (tertiary alicyclic amines) is 1. The molecule has 10 heteroatoms. The monoisotopic (exact) mass is 311 g/mol. The predicted molar refractivity (Wildman–Crippen MR) is 72.8 cm³/mol. The fourth-order valence-electron chi connectivity index (χ4n) is 2.24. The van der Waals surface area contributed by atoms with E-state index in [1.165, 1.54) is 25.3 Å². The van der Waals surface area contributed by atoms with E-state index in [1.54, 1.807) is 0 Å². The molecule has 1 fully saturated rings. The maximum absolute atomic E-state index is 12.2. The van der Waals surface area contributed by atoms with Crippen LogP contribution in [0.2, 0.25) is 0 Å². The number of carbonyl (C=O) groups excluding carboxylic acids is 3. The van der Waals surface area contributed by atoms with Crippen LogP contribution in [0.5, 0.6) is 0 Å². The third kappa shape index (κ3) is 3.51. The smallest absolute Gasteiger partial charge is 0.412 e. The van der Waals surface area contributed by atoms with Crippen LogP contribution in [0.15, 0.2) is 6.20 Å². The Hall–Kier alpha value is -2.65. The van der Waals surface area contributed by atoms with Gasteiger partial charge in [-0.25, -0.2) is 9.59 Å². The average molecular weight is 311 g/mol. The van der Waals surface area contributed by atoms with Gasteiger partial charge in [0.2, 0.25) is 5.91 Å². The van der Waals surface area contributed by atoms with Crippen molar-refractivity contribution in [2.45, 2.75) is 25.4 Å². The number of nitrogens with one attached hydrogen (secondary N) is 1. The molecule has 1 aliphatic rings. The quantitative estimate of drug-likeness (QED) is 0.753. The lowest BCUT2D eigenvalue weighted by molar-refractivity contribution is -0.151. The van der Waals surface area contributed by atoms with Crippen molar-refractivity contribution < 1.29 is 23.9 Å². The second-order valence-electron chi connectivity index (χ2n) is 4.65. The first kappa shape index (κ1) is 15.7. The molecule has 120 valence electrons. The van der Waals surface area contributed by atoms with Crippen LogP contribution in [0, 0.1) is 0 Å². The van der Waals surface area contributed by atoms with E-state index in [9.17, 15) is 14.4 Å². The number of aromatic nitrogens is 3. The van der Waals surface area contributed by atoms with Crippen molar-refractivity contribution >= 4 is 23.8 Å². The minimum absolute atomic E-state index is 0.129. The zero-order valence-corrected chi connectivity index (χ0v) is 12.3. The number of nitrogens with zero attached hydrogens (tertiary/aromatic N) is 4. The molecule has 1 N–H and O–H groups in total. The van der Waals surface area contributed by atoms with Crippen molar-refractivity contribution in [3.8, 4) is 0 Å². The Bertz CT molecular complexity index is 572. The normalized spacial score (nSPS) is 17.2. The lowest BCUT2D eigenvalue weighted by Crippen LogP contribution is -2.42. The molecule has 2 rings (SSSR count). The zero-order valence-electron chi connectivity index (χ0n) is 12.3. The summed E-state index contributed by atoms with van der Waals surface area (Å²) in [4.78, 5) is 37.5. The second kappa shape index (κ2) is 6.87. The van der Waals surface area contributed by atoms with Gasteiger partial charge in [-0.15, -0.1) is 5.10 Å².